The minimum Gasteiger partial charge on any atom is -0.396 e. The first-order valence-corrected chi connectivity index (χ1v) is 6.42. The second-order valence-electron chi connectivity index (χ2n) is 3.66. The molecule has 7 nitrogen and oxygen atoms in total. The summed E-state index contributed by atoms with van der Waals surface area (Å²) < 4.78 is 57.9. The van der Waals surface area contributed by atoms with Gasteiger partial charge in [0.1, 0.15) is 5.56 Å². The SMILES string of the molecule is COP(=O)(O)Oc1c([N+](=O)[O-])cc(C)cc1C(F)(F)F. The minimum absolute atomic E-state index is 0.0541. The van der Waals surface area contributed by atoms with E-state index in [2.05, 4.69) is 9.05 Å². The van der Waals surface area contributed by atoms with Crippen LogP contribution in [0.15, 0.2) is 12.1 Å². The van der Waals surface area contributed by atoms with Crippen LogP contribution in [0.4, 0.5) is 18.9 Å². The number of phosphoric acid groups is 1. The molecule has 11 heteroatoms. The molecule has 0 aromatic heterocycles. The van der Waals surface area contributed by atoms with E-state index < -0.39 is 35.9 Å². The van der Waals surface area contributed by atoms with Crippen LogP contribution in [-0.2, 0) is 15.3 Å². The highest BCUT2D eigenvalue weighted by Gasteiger charge is 2.41. The third-order valence-corrected chi connectivity index (χ3v) is 3.03. The standard InChI is InChI=1S/C9H9F3NO6P/c1-5-3-6(9(10,11)12)8(7(4-5)13(14)15)19-20(16,17)18-2/h3-4H,1-2H3,(H,16,17). The monoisotopic (exact) mass is 315 g/mol. The quantitative estimate of drug-likeness (QED) is 0.521. The van der Waals surface area contributed by atoms with Gasteiger partial charge in [-0.1, -0.05) is 0 Å². The molecule has 1 aromatic rings. The third-order valence-electron chi connectivity index (χ3n) is 2.15. The molecule has 1 rings (SSSR count). The van der Waals surface area contributed by atoms with Gasteiger partial charge in [-0.3, -0.25) is 19.5 Å². The molecule has 0 heterocycles. The minimum atomic E-state index is -5.00. The molecule has 1 atom stereocenters. The topological polar surface area (TPSA) is 98.9 Å². The molecule has 1 aromatic carbocycles. The fourth-order valence-corrected chi connectivity index (χ4v) is 1.85. The lowest BCUT2D eigenvalue weighted by Gasteiger charge is -2.16. The first kappa shape index (κ1) is 16.4. The van der Waals surface area contributed by atoms with E-state index in [1.807, 2.05) is 0 Å². The Hall–Kier alpha value is -1.64. The van der Waals surface area contributed by atoms with E-state index in [1.54, 1.807) is 0 Å². The number of hydrogen-bond donors (Lipinski definition) is 1. The van der Waals surface area contributed by atoms with Gasteiger partial charge >= 0.3 is 19.7 Å². The molecule has 0 amide bonds. The molecule has 0 aliphatic heterocycles. The van der Waals surface area contributed by atoms with Crippen molar-refractivity contribution in [2.45, 2.75) is 13.1 Å². The molecule has 0 saturated carbocycles. The number of halogens is 3. The van der Waals surface area contributed by atoms with Gasteiger partial charge in [-0.2, -0.15) is 13.2 Å². The zero-order valence-electron chi connectivity index (χ0n) is 10.2. The molecule has 1 unspecified atom stereocenters. The second kappa shape index (κ2) is 5.39. The number of benzene rings is 1. The van der Waals surface area contributed by atoms with Gasteiger partial charge in [0.05, 0.1) is 4.92 Å². The zero-order chi connectivity index (χ0) is 15.7. The van der Waals surface area contributed by atoms with Crippen LogP contribution >= 0.6 is 7.82 Å². The van der Waals surface area contributed by atoms with Crippen LogP contribution in [0, 0.1) is 17.0 Å². The van der Waals surface area contributed by atoms with Crippen LogP contribution in [0.3, 0.4) is 0 Å². The van der Waals surface area contributed by atoms with E-state index in [4.69, 9.17) is 4.89 Å². The molecule has 112 valence electrons. The maximum atomic E-state index is 12.8. The van der Waals surface area contributed by atoms with Gasteiger partial charge < -0.3 is 4.52 Å². The summed E-state index contributed by atoms with van der Waals surface area (Å²) in [6, 6.07) is 1.36. The highest BCUT2D eigenvalue weighted by atomic mass is 31.2. The number of rotatable bonds is 4. The van der Waals surface area contributed by atoms with Gasteiger partial charge in [-0.05, 0) is 18.6 Å². The fourth-order valence-electron chi connectivity index (χ4n) is 1.35. The maximum Gasteiger partial charge on any atom is 0.527 e. The predicted molar refractivity (Wildman–Crippen MR) is 60.3 cm³/mol. The summed E-state index contributed by atoms with van der Waals surface area (Å²) in [5.74, 6) is -1.36. The van der Waals surface area contributed by atoms with E-state index in [-0.39, 0.29) is 5.56 Å². The Kier molecular flexibility index (Phi) is 4.42. The molecule has 0 fully saturated rings. The van der Waals surface area contributed by atoms with E-state index in [0.717, 1.165) is 6.07 Å². The summed E-state index contributed by atoms with van der Waals surface area (Å²) in [4.78, 5) is 18.7. The number of nitro groups is 1. The Labute approximate surface area is 110 Å². The van der Waals surface area contributed by atoms with E-state index in [1.165, 1.54) is 6.92 Å². The molecule has 0 bridgehead atoms. The van der Waals surface area contributed by atoms with Crippen molar-refractivity contribution in [3.05, 3.63) is 33.4 Å². The highest BCUT2D eigenvalue weighted by Crippen LogP contribution is 2.50. The maximum absolute atomic E-state index is 12.8. The van der Waals surface area contributed by atoms with Gasteiger partial charge in [0.2, 0.25) is 5.75 Å². The average Bonchev–Trinajstić information content (AvgIpc) is 2.29. The van der Waals surface area contributed by atoms with Crippen LogP contribution in [0.25, 0.3) is 0 Å². The Morgan fingerprint density at radius 2 is 1.95 bits per heavy atom. The fraction of sp³-hybridized carbons (Fsp3) is 0.333. The molecule has 1 N–H and O–H groups in total. The number of hydrogen-bond acceptors (Lipinski definition) is 5. The number of nitrogens with zero attached hydrogens (tertiary/aromatic N) is 1. The Bertz CT molecular complexity index is 588. The summed E-state index contributed by atoms with van der Waals surface area (Å²) in [7, 11) is -4.16. The molecule has 0 radical (unpaired) electrons. The van der Waals surface area contributed by atoms with Crippen molar-refractivity contribution in [2.24, 2.45) is 0 Å². The van der Waals surface area contributed by atoms with Crippen LogP contribution < -0.4 is 4.52 Å². The smallest absolute Gasteiger partial charge is 0.396 e. The Balaban J connectivity index is 3.59. The van der Waals surface area contributed by atoms with Crippen molar-refractivity contribution in [3.8, 4) is 5.75 Å². The summed E-state index contributed by atoms with van der Waals surface area (Å²) in [6.45, 7) is 1.21. The molecule has 20 heavy (non-hydrogen) atoms. The largest absolute Gasteiger partial charge is 0.527 e. The zero-order valence-corrected chi connectivity index (χ0v) is 11.1. The summed E-state index contributed by atoms with van der Waals surface area (Å²) in [6.07, 6.45) is -5.00. The van der Waals surface area contributed by atoms with Gasteiger partial charge in [0.25, 0.3) is 0 Å². The normalized spacial score (nSPS) is 14.7. The van der Waals surface area contributed by atoms with E-state index in [9.17, 15) is 27.9 Å². The van der Waals surface area contributed by atoms with Crippen molar-refractivity contribution in [1.82, 2.24) is 0 Å². The summed E-state index contributed by atoms with van der Waals surface area (Å²) >= 11 is 0. The van der Waals surface area contributed by atoms with Crippen LogP contribution in [0.5, 0.6) is 5.75 Å². The summed E-state index contributed by atoms with van der Waals surface area (Å²) in [5.41, 5.74) is -2.67. The molecular formula is C9H9F3NO6P. The Morgan fingerprint density at radius 3 is 2.35 bits per heavy atom. The lowest BCUT2D eigenvalue weighted by Crippen LogP contribution is -2.10. The van der Waals surface area contributed by atoms with Gasteiger partial charge in [0, 0.05) is 13.2 Å². The molecule has 0 spiro atoms. The Morgan fingerprint density at radius 1 is 1.40 bits per heavy atom. The third kappa shape index (κ3) is 3.69. The van der Waals surface area contributed by atoms with Crippen molar-refractivity contribution in [1.29, 1.82) is 0 Å². The summed E-state index contributed by atoms with van der Waals surface area (Å²) in [5, 5.41) is 10.8. The lowest BCUT2D eigenvalue weighted by atomic mass is 10.1. The molecule has 0 saturated heterocycles. The first-order chi connectivity index (χ1) is 8.98. The predicted octanol–water partition coefficient (Wildman–Crippen LogP) is 3.05. The number of alkyl halides is 3. The van der Waals surface area contributed by atoms with Crippen molar-refractivity contribution in [2.75, 3.05) is 7.11 Å². The van der Waals surface area contributed by atoms with E-state index in [0.29, 0.717) is 13.2 Å². The highest BCUT2D eigenvalue weighted by molar-refractivity contribution is 7.47. The van der Waals surface area contributed by atoms with Crippen molar-refractivity contribution < 1.29 is 36.6 Å². The van der Waals surface area contributed by atoms with Gasteiger partial charge in [0.15, 0.2) is 0 Å². The van der Waals surface area contributed by atoms with Crippen LogP contribution in [-0.4, -0.2) is 16.9 Å². The van der Waals surface area contributed by atoms with E-state index >= 15 is 0 Å². The van der Waals surface area contributed by atoms with Crippen LogP contribution in [0.2, 0.25) is 0 Å². The lowest BCUT2D eigenvalue weighted by molar-refractivity contribution is -0.385. The van der Waals surface area contributed by atoms with Crippen molar-refractivity contribution in [3.63, 3.8) is 0 Å². The average molecular weight is 315 g/mol. The first-order valence-electron chi connectivity index (χ1n) is 4.92. The number of phosphoric ester groups is 1. The second-order valence-corrected chi connectivity index (χ2v) is 5.14. The molecule has 0 aliphatic carbocycles. The van der Waals surface area contributed by atoms with Gasteiger partial charge in [-0.15, -0.1) is 0 Å². The molecular weight excluding hydrogens is 306 g/mol. The van der Waals surface area contributed by atoms with Crippen LogP contribution in [0.1, 0.15) is 11.1 Å². The number of nitro benzene ring substituents is 1. The molecule has 0 aliphatic rings. The van der Waals surface area contributed by atoms with Crippen molar-refractivity contribution >= 4 is 13.5 Å². The van der Waals surface area contributed by atoms with Gasteiger partial charge in [-0.25, -0.2) is 4.57 Å². The number of aryl methyl sites for hydroxylation is 1.